The van der Waals surface area contributed by atoms with E-state index in [-0.39, 0.29) is 6.10 Å². The van der Waals surface area contributed by atoms with Gasteiger partial charge in [-0.25, -0.2) is 4.98 Å². The van der Waals surface area contributed by atoms with E-state index in [0.29, 0.717) is 6.54 Å². The van der Waals surface area contributed by atoms with Crippen molar-refractivity contribution >= 4 is 11.3 Å². The summed E-state index contributed by atoms with van der Waals surface area (Å²) in [5.41, 5.74) is 9.29. The van der Waals surface area contributed by atoms with Crippen LogP contribution in [0.3, 0.4) is 0 Å². The Kier molecular flexibility index (Phi) is 4.65. The van der Waals surface area contributed by atoms with Crippen molar-refractivity contribution in [1.82, 2.24) is 9.88 Å². The molecule has 0 saturated carbocycles. The van der Waals surface area contributed by atoms with Gasteiger partial charge in [0, 0.05) is 37.1 Å². The van der Waals surface area contributed by atoms with E-state index in [1.807, 2.05) is 0 Å². The molecule has 0 radical (unpaired) electrons. The van der Waals surface area contributed by atoms with Crippen LogP contribution < -0.4 is 5.73 Å². The molecule has 1 aliphatic rings. The van der Waals surface area contributed by atoms with Gasteiger partial charge in [0.05, 0.1) is 18.4 Å². The fraction of sp³-hybridized carbons (Fsp3) is 0.438. The summed E-state index contributed by atoms with van der Waals surface area (Å²) in [6.45, 7) is 6.17. The highest BCUT2D eigenvalue weighted by atomic mass is 32.1. The van der Waals surface area contributed by atoms with Crippen molar-refractivity contribution in [2.24, 2.45) is 5.73 Å². The quantitative estimate of drug-likeness (QED) is 0.941. The fourth-order valence-corrected chi connectivity index (χ4v) is 3.32. The lowest BCUT2D eigenvalue weighted by molar-refractivity contribution is -0.0263. The summed E-state index contributed by atoms with van der Waals surface area (Å²) in [6.07, 6.45) is 0.161. The van der Waals surface area contributed by atoms with Crippen molar-refractivity contribution in [3.63, 3.8) is 0 Å². The van der Waals surface area contributed by atoms with Gasteiger partial charge in [0.25, 0.3) is 0 Å². The zero-order chi connectivity index (χ0) is 14.7. The predicted molar refractivity (Wildman–Crippen MR) is 86.4 cm³/mol. The fourth-order valence-electron chi connectivity index (χ4n) is 2.50. The highest BCUT2D eigenvalue weighted by Gasteiger charge is 2.20. The lowest BCUT2D eigenvalue weighted by Gasteiger charge is -2.31. The van der Waals surface area contributed by atoms with Gasteiger partial charge >= 0.3 is 0 Å². The second kappa shape index (κ2) is 6.66. The Bertz CT molecular complexity index is 581. The molecule has 1 aliphatic heterocycles. The first-order valence-corrected chi connectivity index (χ1v) is 8.18. The number of ether oxygens (including phenoxy) is 1. The van der Waals surface area contributed by atoms with Crippen molar-refractivity contribution in [2.75, 3.05) is 26.2 Å². The smallest absolute Gasteiger partial charge is 0.123 e. The maximum atomic E-state index is 5.69. The largest absolute Gasteiger partial charge is 0.374 e. The van der Waals surface area contributed by atoms with E-state index < -0.39 is 0 Å². The van der Waals surface area contributed by atoms with Gasteiger partial charge in [0.2, 0.25) is 0 Å². The number of rotatable bonds is 4. The maximum Gasteiger partial charge on any atom is 0.123 e. The van der Waals surface area contributed by atoms with Gasteiger partial charge in [0.15, 0.2) is 0 Å². The van der Waals surface area contributed by atoms with E-state index in [0.717, 1.165) is 36.9 Å². The van der Waals surface area contributed by atoms with Gasteiger partial charge in [0.1, 0.15) is 5.01 Å². The van der Waals surface area contributed by atoms with E-state index in [9.17, 15) is 0 Å². The van der Waals surface area contributed by atoms with Crippen LogP contribution in [0.15, 0.2) is 29.6 Å². The third-order valence-corrected chi connectivity index (χ3v) is 4.66. The van der Waals surface area contributed by atoms with E-state index in [2.05, 4.69) is 41.5 Å². The molecule has 0 spiro atoms. The molecule has 5 heteroatoms. The minimum atomic E-state index is 0.161. The predicted octanol–water partition coefficient (Wildman–Crippen LogP) is 2.28. The van der Waals surface area contributed by atoms with Gasteiger partial charge in [-0.2, -0.15) is 0 Å². The Morgan fingerprint density at radius 1 is 1.38 bits per heavy atom. The minimum Gasteiger partial charge on any atom is -0.374 e. The van der Waals surface area contributed by atoms with Crippen molar-refractivity contribution < 1.29 is 4.74 Å². The van der Waals surface area contributed by atoms with E-state index in [4.69, 9.17) is 15.5 Å². The number of hydrogen-bond acceptors (Lipinski definition) is 5. The molecule has 1 atom stereocenters. The van der Waals surface area contributed by atoms with Crippen LogP contribution in [0.2, 0.25) is 0 Å². The van der Waals surface area contributed by atoms with Gasteiger partial charge < -0.3 is 10.5 Å². The molecule has 1 saturated heterocycles. The Morgan fingerprint density at radius 3 is 2.95 bits per heavy atom. The maximum absolute atomic E-state index is 5.69. The van der Waals surface area contributed by atoms with Crippen LogP contribution in [0.4, 0.5) is 0 Å². The molecule has 0 aliphatic carbocycles. The Hall–Kier alpha value is -1.27. The molecule has 2 heterocycles. The van der Waals surface area contributed by atoms with Crippen molar-refractivity contribution in [3.05, 3.63) is 40.9 Å². The number of nitrogens with two attached hydrogens (primary N) is 1. The summed E-state index contributed by atoms with van der Waals surface area (Å²) in [7, 11) is 0. The first-order valence-electron chi connectivity index (χ1n) is 7.30. The summed E-state index contributed by atoms with van der Waals surface area (Å²) in [4.78, 5) is 7.13. The van der Waals surface area contributed by atoms with Crippen molar-refractivity contribution in [1.29, 1.82) is 0 Å². The van der Waals surface area contributed by atoms with E-state index in [1.165, 1.54) is 11.1 Å². The van der Waals surface area contributed by atoms with Crippen LogP contribution in [0.1, 0.15) is 11.3 Å². The third-order valence-electron chi connectivity index (χ3n) is 3.72. The monoisotopic (exact) mass is 303 g/mol. The molecule has 1 aromatic heterocycles. The molecular formula is C16H21N3OS. The molecule has 1 fully saturated rings. The summed E-state index contributed by atoms with van der Waals surface area (Å²) in [6, 6.07) is 8.53. The highest BCUT2D eigenvalue weighted by molar-refractivity contribution is 7.13. The van der Waals surface area contributed by atoms with Gasteiger partial charge in [-0.1, -0.05) is 29.8 Å². The molecule has 3 rings (SSSR count). The topological polar surface area (TPSA) is 51.4 Å². The van der Waals surface area contributed by atoms with Gasteiger partial charge in [-0.15, -0.1) is 11.3 Å². The lowest BCUT2D eigenvalue weighted by atomic mass is 10.2. The third kappa shape index (κ3) is 3.68. The number of morpholine rings is 1. The molecule has 4 nitrogen and oxygen atoms in total. The molecule has 2 aromatic rings. The van der Waals surface area contributed by atoms with Gasteiger partial charge in [-0.3, -0.25) is 4.90 Å². The zero-order valence-electron chi connectivity index (χ0n) is 12.3. The SMILES string of the molecule is Cc1ccc(-c2nc(CN3CCOC(CN)C3)cs2)cc1. The average molecular weight is 303 g/mol. The van der Waals surface area contributed by atoms with Crippen molar-refractivity contribution in [3.8, 4) is 10.6 Å². The second-order valence-corrected chi connectivity index (χ2v) is 6.33. The Labute approximate surface area is 129 Å². The second-order valence-electron chi connectivity index (χ2n) is 5.47. The van der Waals surface area contributed by atoms with Crippen LogP contribution in [-0.4, -0.2) is 42.2 Å². The molecule has 1 aromatic carbocycles. The highest BCUT2D eigenvalue weighted by Crippen LogP contribution is 2.24. The average Bonchev–Trinajstić information content (AvgIpc) is 2.96. The molecule has 1 unspecified atom stereocenters. The number of aromatic nitrogens is 1. The Morgan fingerprint density at radius 2 is 2.19 bits per heavy atom. The molecule has 0 bridgehead atoms. The minimum absolute atomic E-state index is 0.161. The number of hydrogen-bond donors (Lipinski definition) is 1. The van der Waals surface area contributed by atoms with Crippen LogP contribution in [0.25, 0.3) is 10.6 Å². The lowest BCUT2D eigenvalue weighted by Crippen LogP contribution is -2.45. The first kappa shape index (κ1) is 14.7. The first-order chi connectivity index (χ1) is 10.2. The normalized spacial score (nSPS) is 19.8. The number of nitrogens with zero attached hydrogens (tertiary/aromatic N) is 2. The summed E-state index contributed by atoms with van der Waals surface area (Å²) in [5, 5.41) is 3.25. The number of benzene rings is 1. The van der Waals surface area contributed by atoms with E-state index in [1.54, 1.807) is 11.3 Å². The summed E-state index contributed by atoms with van der Waals surface area (Å²) >= 11 is 1.71. The molecule has 2 N–H and O–H groups in total. The van der Waals surface area contributed by atoms with Crippen molar-refractivity contribution in [2.45, 2.75) is 19.6 Å². The molecule has 21 heavy (non-hydrogen) atoms. The number of thiazole rings is 1. The molecule has 0 amide bonds. The summed E-state index contributed by atoms with van der Waals surface area (Å²) < 4.78 is 5.60. The zero-order valence-corrected chi connectivity index (χ0v) is 13.1. The van der Waals surface area contributed by atoms with E-state index >= 15 is 0 Å². The van der Waals surface area contributed by atoms with Crippen LogP contribution in [0, 0.1) is 6.92 Å². The Balaban J connectivity index is 1.66. The van der Waals surface area contributed by atoms with Crippen LogP contribution in [0.5, 0.6) is 0 Å². The van der Waals surface area contributed by atoms with Gasteiger partial charge in [-0.05, 0) is 6.92 Å². The van der Waals surface area contributed by atoms with Crippen LogP contribution >= 0.6 is 11.3 Å². The molecular weight excluding hydrogens is 282 g/mol. The standard InChI is InChI=1S/C16H21N3OS/c1-12-2-4-13(5-3-12)16-18-14(11-21-16)9-19-6-7-20-15(8-17)10-19/h2-5,11,15H,6-10,17H2,1H3. The molecule has 112 valence electrons. The summed E-state index contributed by atoms with van der Waals surface area (Å²) in [5.74, 6) is 0. The van der Waals surface area contributed by atoms with Crippen LogP contribution in [-0.2, 0) is 11.3 Å². The number of aryl methyl sites for hydroxylation is 1.